The lowest BCUT2D eigenvalue weighted by Gasteiger charge is -2.27. The second kappa shape index (κ2) is 12.2. The molecule has 0 aromatic heterocycles. The Morgan fingerprint density at radius 2 is 1.62 bits per heavy atom. The molecule has 0 heterocycles. The van der Waals surface area contributed by atoms with Crippen LogP contribution in [-0.2, 0) is 17.9 Å². The van der Waals surface area contributed by atoms with Crippen LogP contribution in [0.5, 0.6) is 17.2 Å². The topological polar surface area (TPSA) is 105 Å². The minimum atomic E-state index is -1.34. The molecular weight excluding hydrogens is 522 g/mol. The van der Waals surface area contributed by atoms with E-state index in [0.717, 1.165) is 17.2 Å². The Hall–Kier alpha value is -4.99. The van der Waals surface area contributed by atoms with E-state index in [0.29, 0.717) is 28.5 Å². The number of halogens is 2. The molecule has 0 aliphatic carbocycles. The van der Waals surface area contributed by atoms with Gasteiger partial charge in [-0.3, -0.25) is 10.1 Å². The van der Waals surface area contributed by atoms with Crippen molar-refractivity contribution in [3.05, 3.63) is 123 Å². The molecule has 0 amide bonds. The molecule has 0 spiro atoms. The van der Waals surface area contributed by atoms with Gasteiger partial charge in [-0.05, 0) is 61.4 Å². The third-order valence-electron chi connectivity index (χ3n) is 6.10. The third-order valence-corrected chi connectivity index (χ3v) is 6.10. The van der Waals surface area contributed by atoms with Crippen LogP contribution in [0.1, 0.15) is 22.3 Å². The number of carboxylic acids is 1. The summed E-state index contributed by atoms with van der Waals surface area (Å²) < 4.78 is 39.2. The molecule has 0 bridgehead atoms. The minimum Gasteiger partial charge on any atom is -0.546 e. The van der Waals surface area contributed by atoms with Crippen molar-refractivity contribution in [2.24, 2.45) is 0 Å². The first kappa shape index (κ1) is 28.0. The van der Waals surface area contributed by atoms with Crippen LogP contribution < -0.4 is 19.5 Å². The Kier molecular flexibility index (Phi) is 8.58. The lowest BCUT2D eigenvalue weighted by atomic mass is 10.1. The van der Waals surface area contributed by atoms with E-state index in [-0.39, 0.29) is 24.3 Å². The number of nitro benzene ring substituents is 1. The van der Waals surface area contributed by atoms with Gasteiger partial charge in [-0.15, -0.1) is 0 Å². The highest BCUT2D eigenvalue weighted by molar-refractivity contribution is 5.66. The molecule has 0 atom stereocenters. The predicted molar refractivity (Wildman–Crippen MR) is 142 cm³/mol. The molecule has 0 saturated heterocycles. The van der Waals surface area contributed by atoms with Crippen LogP contribution in [-0.4, -0.2) is 17.5 Å². The SMILES string of the molecule is Cc1cc(OCC(=O)[O-])cc(Oc2ccc(CN(Cc3ccc(F)cc3F)c3cccc([N+](=O)[O-])c3C)cc2)c1. The number of anilines is 1. The molecule has 0 aliphatic heterocycles. The van der Waals surface area contributed by atoms with Crippen molar-refractivity contribution in [2.45, 2.75) is 26.9 Å². The van der Waals surface area contributed by atoms with E-state index in [1.54, 1.807) is 66.4 Å². The van der Waals surface area contributed by atoms with Crippen molar-refractivity contribution < 1.29 is 33.1 Å². The fourth-order valence-electron chi connectivity index (χ4n) is 4.25. The Balaban J connectivity index is 1.58. The molecule has 4 aromatic rings. The summed E-state index contributed by atoms with van der Waals surface area (Å²) in [6.45, 7) is 3.18. The molecule has 206 valence electrons. The molecule has 0 N–H and O–H groups in total. The smallest absolute Gasteiger partial charge is 0.274 e. The molecule has 4 aromatic carbocycles. The van der Waals surface area contributed by atoms with Crippen LogP contribution in [0.15, 0.2) is 78.9 Å². The van der Waals surface area contributed by atoms with E-state index in [9.17, 15) is 28.8 Å². The zero-order chi connectivity index (χ0) is 28.8. The Labute approximate surface area is 229 Å². The summed E-state index contributed by atoms with van der Waals surface area (Å²) in [5.41, 5.74) is 2.75. The molecule has 0 unspecified atom stereocenters. The highest BCUT2D eigenvalue weighted by Gasteiger charge is 2.20. The summed E-state index contributed by atoms with van der Waals surface area (Å²) >= 11 is 0. The van der Waals surface area contributed by atoms with E-state index < -0.39 is 29.1 Å². The minimum absolute atomic E-state index is 0.0459. The lowest BCUT2D eigenvalue weighted by molar-refractivity contribution is -0.385. The quantitative estimate of drug-likeness (QED) is 0.177. The molecule has 0 radical (unpaired) electrons. The largest absolute Gasteiger partial charge is 0.546 e. The Morgan fingerprint density at radius 1 is 0.900 bits per heavy atom. The summed E-state index contributed by atoms with van der Waals surface area (Å²) in [7, 11) is 0. The van der Waals surface area contributed by atoms with Gasteiger partial charge in [-0.2, -0.15) is 0 Å². The monoisotopic (exact) mass is 547 g/mol. The maximum atomic E-state index is 14.5. The van der Waals surface area contributed by atoms with Crippen LogP contribution in [0.4, 0.5) is 20.2 Å². The van der Waals surface area contributed by atoms with Crippen molar-refractivity contribution in [1.29, 1.82) is 0 Å². The normalized spacial score (nSPS) is 10.7. The summed E-state index contributed by atoms with van der Waals surface area (Å²) in [6.07, 6.45) is 0. The number of nitro groups is 1. The Bertz CT molecular complexity index is 1540. The van der Waals surface area contributed by atoms with Gasteiger partial charge in [0, 0.05) is 42.5 Å². The number of aryl methyl sites for hydroxylation is 1. The fraction of sp³-hybridized carbons (Fsp3) is 0.167. The number of rotatable bonds is 11. The lowest BCUT2D eigenvalue weighted by Crippen LogP contribution is -2.28. The second-order valence-electron chi connectivity index (χ2n) is 9.16. The van der Waals surface area contributed by atoms with E-state index in [2.05, 4.69) is 0 Å². The van der Waals surface area contributed by atoms with Gasteiger partial charge < -0.3 is 24.3 Å². The number of aliphatic carboxylic acids is 1. The van der Waals surface area contributed by atoms with Crippen LogP contribution in [0.25, 0.3) is 0 Å². The van der Waals surface area contributed by atoms with Crippen LogP contribution in [0.2, 0.25) is 0 Å². The first-order valence-electron chi connectivity index (χ1n) is 12.2. The molecule has 10 heteroatoms. The van der Waals surface area contributed by atoms with Gasteiger partial charge in [0.1, 0.15) is 35.5 Å². The van der Waals surface area contributed by atoms with Crippen molar-refractivity contribution >= 4 is 17.3 Å². The molecule has 0 aliphatic rings. The van der Waals surface area contributed by atoms with Gasteiger partial charge >= 0.3 is 0 Å². The van der Waals surface area contributed by atoms with Crippen LogP contribution >= 0.6 is 0 Å². The van der Waals surface area contributed by atoms with Gasteiger partial charge in [-0.25, -0.2) is 8.78 Å². The van der Waals surface area contributed by atoms with Gasteiger partial charge in [0.15, 0.2) is 0 Å². The number of carbonyl (C=O) groups excluding carboxylic acids is 1. The summed E-state index contributed by atoms with van der Waals surface area (Å²) in [5, 5.41) is 22.2. The van der Waals surface area contributed by atoms with Crippen LogP contribution in [0, 0.1) is 35.6 Å². The number of benzene rings is 4. The average Bonchev–Trinajstić information content (AvgIpc) is 2.89. The molecular formula is C30H25F2N2O6-. The standard InChI is InChI=1S/C30H26F2N2O6/c1-19-12-25(39-18-30(35)36)15-26(13-19)40-24-10-6-21(7-11-24)16-33(17-22-8-9-23(31)14-27(22)32)28-4-3-5-29(20(28)2)34(37)38/h3-15H,16-18H2,1-2H3,(H,35,36)/p-1. The van der Waals surface area contributed by atoms with Crippen molar-refractivity contribution in [2.75, 3.05) is 11.5 Å². The highest BCUT2D eigenvalue weighted by atomic mass is 19.1. The number of hydrogen-bond donors (Lipinski definition) is 0. The number of nitrogens with zero attached hydrogens (tertiary/aromatic N) is 2. The second-order valence-corrected chi connectivity index (χ2v) is 9.16. The molecule has 8 nitrogen and oxygen atoms in total. The van der Waals surface area contributed by atoms with E-state index in [1.807, 2.05) is 6.92 Å². The van der Waals surface area contributed by atoms with E-state index in [1.165, 1.54) is 18.2 Å². The van der Waals surface area contributed by atoms with Crippen molar-refractivity contribution in [1.82, 2.24) is 0 Å². The van der Waals surface area contributed by atoms with Gasteiger partial charge in [0.05, 0.1) is 16.5 Å². The molecule has 0 fully saturated rings. The Morgan fingerprint density at radius 3 is 2.30 bits per heavy atom. The van der Waals surface area contributed by atoms with Gasteiger partial charge in [-0.1, -0.05) is 24.3 Å². The summed E-state index contributed by atoms with van der Waals surface area (Å²) in [6, 6.07) is 20.1. The van der Waals surface area contributed by atoms with E-state index >= 15 is 0 Å². The maximum Gasteiger partial charge on any atom is 0.274 e. The van der Waals surface area contributed by atoms with Gasteiger partial charge in [0.2, 0.25) is 0 Å². The first-order valence-corrected chi connectivity index (χ1v) is 12.2. The number of ether oxygens (including phenoxy) is 2. The van der Waals surface area contributed by atoms with Crippen molar-refractivity contribution in [3.63, 3.8) is 0 Å². The first-order chi connectivity index (χ1) is 19.1. The van der Waals surface area contributed by atoms with Crippen molar-refractivity contribution in [3.8, 4) is 17.2 Å². The predicted octanol–water partition coefficient (Wildman–Crippen LogP) is 5.62. The number of carboxylic acid groups (broad SMARTS) is 1. The number of hydrogen-bond acceptors (Lipinski definition) is 7. The zero-order valence-corrected chi connectivity index (χ0v) is 21.7. The molecule has 40 heavy (non-hydrogen) atoms. The van der Waals surface area contributed by atoms with Crippen LogP contribution in [0.3, 0.4) is 0 Å². The summed E-state index contributed by atoms with van der Waals surface area (Å²) in [5.74, 6) is -1.47. The summed E-state index contributed by atoms with van der Waals surface area (Å²) in [4.78, 5) is 23.5. The molecule has 4 rings (SSSR count). The van der Waals surface area contributed by atoms with Gasteiger partial charge in [0.25, 0.3) is 5.69 Å². The number of carbonyl (C=O) groups is 1. The zero-order valence-electron chi connectivity index (χ0n) is 21.7. The molecule has 0 saturated carbocycles. The average molecular weight is 548 g/mol. The third kappa shape index (κ3) is 7.10. The highest BCUT2D eigenvalue weighted by Crippen LogP contribution is 2.32. The van der Waals surface area contributed by atoms with E-state index in [4.69, 9.17) is 9.47 Å². The maximum absolute atomic E-state index is 14.5. The fourth-order valence-corrected chi connectivity index (χ4v) is 4.25.